The molecule has 0 aromatic heterocycles. The molecule has 0 unspecified atom stereocenters. The van der Waals surface area contributed by atoms with Crippen molar-refractivity contribution >= 4 is 5.91 Å². The van der Waals surface area contributed by atoms with Gasteiger partial charge in [-0.25, -0.2) is 0 Å². The van der Waals surface area contributed by atoms with Crippen LogP contribution in [0.2, 0.25) is 0 Å². The van der Waals surface area contributed by atoms with Gasteiger partial charge in [-0.15, -0.1) is 0 Å². The summed E-state index contributed by atoms with van der Waals surface area (Å²) in [6.07, 6.45) is 2.30. The Kier molecular flexibility index (Phi) is 6.87. The van der Waals surface area contributed by atoms with Crippen LogP contribution in [0.15, 0.2) is 24.3 Å². The molecule has 4 heteroatoms. The summed E-state index contributed by atoms with van der Waals surface area (Å²) in [6.45, 7) is 4.41. The number of carbonyl (C=O) groups excluding carboxylic acids is 1. The van der Waals surface area contributed by atoms with E-state index >= 15 is 0 Å². The molecule has 100 valence electrons. The summed E-state index contributed by atoms with van der Waals surface area (Å²) >= 11 is 0. The third kappa shape index (κ3) is 6.25. The number of ether oxygens (including phenoxy) is 1. The van der Waals surface area contributed by atoms with Gasteiger partial charge in [-0.2, -0.15) is 0 Å². The van der Waals surface area contributed by atoms with E-state index < -0.39 is 0 Å². The number of nitrogens with one attached hydrogen (secondary N) is 1. The Morgan fingerprint density at radius 2 is 2.00 bits per heavy atom. The van der Waals surface area contributed by atoms with Gasteiger partial charge in [0.05, 0.1) is 6.61 Å². The molecule has 0 saturated heterocycles. The highest BCUT2D eigenvalue weighted by atomic mass is 16.5. The van der Waals surface area contributed by atoms with E-state index in [1.807, 2.05) is 19.1 Å². The van der Waals surface area contributed by atoms with Gasteiger partial charge in [0.25, 0.3) is 0 Å². The number of carbonyl (C=O) groups is 1. The summed E-state index contributed by atoms with van der Waals surface area (Å²) in [5.74, 6) is 0.684. The highest BCUT2D eigenvalue weighted by molar-refractivity contribution is 5.73. The molecule has 1 rings (SSSR count). The molecule has 0 bridgehead atoms. The Morgan fingerprint density at radius 1 is 1.28 bits per heavy atom. The van der Waals surface area contributed by atoms with Gasteiger partial charge in [0.15, 0.2) is 0 Å². The minimum absolute atomic E-state index is 0.221. The topological polar surface area (TPSA) is 64.3 Å². The molecule has 0 fully saturated rings. The van der Waals surface area contributed by atoms with Gasteiger partial charge in [-0.05, 0) is 44.0 Å². The maximum atomic E-state index is 10.5. The van der Waals surface area contributed by atoms with E-state index in [9.17, 15) is 4.79 Å². The molecule has 1 aromatic carbocycles. The lowest BCUT2D eigenvalue weighted by molar-refractivity contribution is -0.118. The molecule has 18 heavy (non-hydrogen) atoms. The lowest BCUT2D eigenvalue weighted by Crippen LogP contribution is -2.16. The van der Waals surface area contributed by atoms with Crippen LogP contribution >= 0.6 is 0 Å². The number of amides is 1. The van der Waals surface area contributed by atoms with E-state index in [0.717, 1.165) is 31.7 Å². The molecule has 0 radical (unpaired) electrons. The molecule has 3 N–H and O–H groups in total. The predicted molar refractivity (Wildman–Crippen MR) is 72.4 cm³/mol. The van der Waals surface area contributed by atoms with E-state index in [4.69, 9.17) is 10.5 Å². The highest BCUT2D eigenvalue weighted by Crippen LogP contribution is 2.11. The van der Waals surface area contributed by atoms with Crippen LogP contribution < -0.4 is 15.8 Å². The quantitative estimate of drug-likeness (QED) is 0.657. The van der Waals surface area contributed by atoms with Crippen LogP contribution in [0.4, 0.5) is 0 Å². The molecule has 0 aliphatic heterocycles. The van der Waals surface area contributed by atoms with Gasteiger partial charge >= 0.3 is 0 Å². The molecular formula is C14H22N2O2. The molecule has 0 atom stereocenters. The van der Waals surface area contributed by atoms with E-state index in [2.05, 4.69) is 17.4 Å². The molecule has 0 spiro atoms. The minimum atomic E-state index is -0.221. The van der Waals surface area contributed by atoms with Crippen molar-refractivity contribution < 1.29 is 9.53 Å². The Labute approximate surface area is 109 Å². The zero-order valence-corrected chi connectivity index (χ0v) is 10.9. The third-order valence-electron chi connectivity index (χ3n) is 2.59. The predicted octanol–water partition coefficient (Wildman–Crippen LogP) is 1.83. The standard InChI is InChI=1S/C14H22N2O2/c1-2-18-13-8-6-12(7-9-13)11-16-10-4-3-5-14(15)17/h6-9,16H,2-5,10-11H2,1H3,(H2,15,17). The zero-order valence-electron chi connectivity index (χ0n) is 10.9. The van der Waals surface area contributed by atoms with E-state index in [-0.39, 0.29) is 5.91 Å². The molecule has 1 aromatic rings. The molecule has 0 saturated carbocycles. The Morgan fingerprint density at radius 3 is 2.61 bits per heavy atom. The van der Waals surface area contributed by atoms with Gasteiger partial charge in [0, 0.05) is 13.0 Å². The molecule has 1 amide bonds. The van der Waals surface area contributed by atoms with Crippen molar-refractivity contribution in [2.45, 2.75) is 32.7 Å². The summed E-state index contributed by atoms with van der Waals surface area (Å²) in [6, 6.07) is 8.07. The molecule has 0 aliphatic carbocycles. The fourth-order valence-electron chi connectivity index (χ4n) is 1.65. The van der Waals surface area contributed by atoms with Crippen molar-refractivity contribution in [2.24, 2.45) is 5.73 Å². The lowest BCUT2D eigenvalue weighted by atomic mass is 10.2. The Bertz CT molecular complexity index is 349. The van der Waals surface area contributed by atoms with Crippen molar-refractivity contribution in [3.63, 3.8) is 0 Å². The van der Waals surface area contributed by atoms with Gasteiger partial charge < -0.3 is 15.8 Å². The highest BCUT2D eigenvalue weighted by Gasteiger charge is 1.96. The first-order valence-electron chi connectivity index (χ1n) is 6.43. The van der Waals surface area contributed by atoms with Crippen LogP contribution in [0.3, 0.4) is 0 Å². The van der Waals surface area contributed by atoms with Gasteiger partial charge in [-0.1, -0.05) is 12.1 Å². The average Bonchev–Trinajstić information content (AvgIpc) is 2.35. The first kappa shape index (κ1) is 14.5. The monoisotopic (exact) mass is 250 g/mol. The van der Waals surface area contributed by atoms with Crippen molar-refractivity contribution in [3.05, 3.63) is 29.8 Å². The number of benzene rings is 1. The van der Waals surface area contributed by atoms with Crippen molar-refractivity contribution in [2.75, 3.05) is 13.2 Å². The molecular weight excluding hydrogens is 228 g/mol. The summed E-state index contributed by atoms with van der Waals surface area (Å²) in [5, 5.41) is 3.33. The number of primary amides is 1. The number of hydrogen-bond donors (Lipinski definition) is 2. The third-order valence-corrected chi connectivity index (χ3v) is 2.59. The summed E-state index contributed by atoms with van der Waals surface area (Å²) in [4.78, 5) is 10.5. The van der Waals surface area contributed by atoms with Gasteiger partial charge in [0.2, 0.25) is 5.91 Å². The van der Waals surface area contributed by atoms with Crippen molar-refractivity contribution in [3.8, 4) is 5.75 Å². The van der Waals surface area contributed by atoms with Crippen LogP contribution in [0, 0.1) is 0 Å². The van der Waals surface area contributed by atoms with E-state index in [1.54, 1.807) is 0 Å². The zero-order chi connectivity index (χ0) is 13.2. The van der Waals surface area contributed by atoms with Crippen LogP contribution in [-0.2, 0) is 11.3 Å². The number of nitrogens with two attached hydrogens (primary N) is 1. The minimum Gasteiger partial charge on any atom is -0.494 e. The van der Waals surface area contributed by atoms with E-state index in [1.165, 1.54) is 5.56 Å². The number of unbranched alkanes of at least 4 members (excludes halogenated alkanes) is 1. The van der Waals surface area contributed by atoms with Crippen LogP contribution in [0.25, 0.3) is 0 Å². The molecule has 0 aliphatic rings. The van der Waals surface area contributed by atoms with Crippen molar-refractivity contribution in [1.82, 2.24) is 5.32 Å². The largest absolute Gasteiger partial charge is 0.494 e. The van der Waals surface area contributed by atoms with Crippen molar-refractivity contribution in [1.29, 1.82) is 0 Å². The maximum Gasteiger partial charge on any atom is 0.217 e. The number of hydrogen-bond acceptors (Lipinski definition) is 3. The number of rotatable bonds is 9. The second-order valence-corrected chi connectivity index (χ2v) is 4.18. The fourth-order valence-corrected chi connectivity index (χ4v) is 1.65. The average molecular weight is 250 g/mol. The summed E-state index contributed by atoms with van der Waals surface area (Å²) in [7, 11) is 0. The molecule has 0 heterocycles. The normalized spacial score (nSPS) is 10.3. The van der Waals surface area contributed by atoms with Gasteiger partial charge in [-0.3, -0.25) is 4.79 Å². The SMILES string of the molecule is CCOc1ccc(CNCCCCC(N)=O)cc1. The smallest absolute Gasteiger partial charge is 0.217 e. The first-order chi connectivity index (χ1) is 8.72. The maximum absolute atomic E-state index is 10.5. The second-order valence-electron chi connectivity index (χ2n) is 4.18. The van der Waals surface area contributed by atoms with Crippen LogP contribution in [0.5, 0.6) is 5.75 Å². The Hall–Kier alpha value is -1.55. The van der Waals surface area contributed by atoms with E-state index in [0.29, 0.717) is 13.0 Å². The first-order valence-corrected chi connectivity index (χ1v) is 6.43. The fraction of sp³-hybridized carbons (Fsp3) is 0.500. The van der Waals surface area contributed by atoms with Crippen LogP contribution in [0.1, 0.15) is 31.7 Å². The lowest BCUT2D eigenvalue weighted by Gasteiger charge is -2.06. The summed E-state index contributed by atoms with van der Waals surface area (Å²) < 4.78 is 5.38. The summed E-state index contributed by atoms with van der Waals surface area (Å²) in [5.41, 5.74) is 6.30. The van der Waals surface area contributed by atoms with Gasteiger partial charge in [0.1, 0.15) is 5.75 Å². The van der Waals surface area contributed by atoms with Crippen LogP contribution in [-0.4, -0.2) is 19.1 Å². The Balaban J connectivity index is 2.13. The molecule has 4 nitrogen and oxygen atoms in total. The second kappa shape index (κ2) is 8.53.